The summed E-state index contributed by atoms with van der Waals surface area (Å²) in [5.41, 5.74) is 5.34. The van der Waals surface area contributed by atoms with Crippen LogP contribution in [0.25, 0.3) is 0 Å². The smallest absolute Gasteiger partial charge is 0.158 e. The van der Waals surface area contributed by atoms with Crippen LogP contribution in [0.1, 0.15) is 32.4 Å². The number of nitrogens with zero attached hydrogens (tertiary/aromatic N) is 4. The Morgan fingerprint density at radius 2 is 2.20 bits per heavy atom. The summed E-state index contributed by atoms with van der Waals surface area (Å²) < 4.78 is 0. The molecule has 1 aromatic rings. The third-order valence-electron chi connectivity index (χ3n) is 5.29. The van der Waals surface area contributed by atoms with Gasteiger partial charge >= 0.3 is 0 Å². The Kier molecular flexibility index (Phi) is 5.46. The zero-order chi connectivity index (χ0) is 17.9. The maximum absolute atomic E-state index is 11.8. The van der Waals surface area contributed by atoms with Gasteiger partial charge < -0.3 is 10.3 Å². The Morgan fingerprint density at radius 3 is 2.76 bits per heavy atom. The Bertz CT molecular complexity index is 624. The number of nitrogens with one attached hydrogen (secondary N) is 2. The minimum atomic E-state index is -0.0148. The first kappa shape index (κ1) is 18.0. The van der Waals surface area contributed by atoms with Gasteiger partial charge in [-0.05, 0) is 45.9 Å². The van der Waals surface area contributed by atoms with E-state index in [1.807, 2.05) is 32.3 Å². The van der Waals surface area contributed by atoms with Gasteiger partial charge in [0.2, 0.25) is 0 Å². The molecule has 0 bridgehead atoms. The predicted octanol–water partition coefficient (Wildman–Crippen LogP) is 0.712. The predicted molar refractivity (Wildman–Crippen MR) is 96.4 cm³/mol. The first-order chi connectivity index (χ1) is 12.0. The molecule has 0 amide bonds. The van der Waals surface area contributed by atoms with E-state index in [2.05, 4.69) is 30.8 Å². The number of likely N-dealkylation sites (tertiary alicyclic amines) is 1. The van der Waals surface area contributed by atoms with Crippen molar-refractivity contribution in [3.05, 3.63) is 35.8 Å². The van der Waals surface area contributed by atoms with Crippen LogP contribution >= 0.6 is 0 Å². The number of aromatic nitrogens is 2. The van der Waals surface area contributed by atoms with E-state index in [0.717, 1.165) is 50.3 Å². The van der Waals surface area contributed by atoms with E-state index in [1.54, 1.807) is 13.1 Å². The fourth-order valence-electron chi connectivity index (χ4n) is 3.84. The monoisotopic (exact) mass is 344 g/mol. The number of Topliss-reactive ketones (excluding diaryl/α,β-unsaturated/α-hetero) is 1. The lowest BCUT2D eigenvalue weighted by Crippen LogP contribution is -2.61. The highest BCUT2D eigenvalue weighted by atomic mass is 16.1. The second-order valence-electron chi connectivity index (χ2n) is 7.11. The van der Waals surface area contributed by atoms with Gasteiger partial charge in [0, 0.05) is 44.1 Å². The number of piperidine rings is 1. The molecule has 1 atom stereocenters. The van der Waals surface area contributed by atoms with Gasteiger partial charge in [-0.15, -0.1) is 0 Å². The molecule has 7 nitrogen and oxygen atoms in total. The van der Waals surface area contributed by atoms with Crippen LogP contribution in [-0.2, 0) is 11.3 Å². The highest BCUT2D eigenvalue weighted by molar-refractivity contribution is 5.94. The molecule has 3 rings (SSSR count). The molecule has 0 saturated carbocycles. The summed E-state index contributed by atoms with van der Waals surface area (Å²) in [4.78, 5) is 14.3. The Hall–Kier alpha value is -1.83. The molecular formula is C18H28N6O. The van der Waals surface area contributed by atoms with E-state index in [0.29, 0.717) is 0 Å². The van der Waals surface area contributed by atoms with Crippen LogP contribution in [0, 0.1) is 0 Å². The zero-order valence-electron chi connectivity index (χ0n) is 15.3. The van der Waals surface area contributed by atoms with Crippen LogP contribution in [0.4, 0.5) is 0 Å². The Labute approximate surface area is 149 Å². The second kappa shape index (κ2) is 7.59. The first-order valence-corrected chi connectivity index (χ1v) is 8.96. The quantitative estimate of drug-likeness (QED) is 0.787. The summed E-state index contributed by atoms with van der Waals surface area (Å²) in [6.07, 6.45) is 5.77. The van der Waals surface area contributed by atoms with E-state index < -0.39 is 0 Å². The molecule has 2 aliphatic rings. The van der Waals surface area contributed by atoms with Crippen LogP contribution in [0.15, 0.2) is 30.1 Å². The molecule has 0 spiro atoms. The van der Waals surface area contributed by atoms with E-state index in [-0.39, 0.29) is 17.4 Å². The third-order valence-corrected chi connectivity index (χ3v) is 5.29. The van der Waals surface area contributed by atoms with Gasteiger partial charge in [0.15, 0.2) is 5.78 Å². The van der Waals surface area contributed by atoms with Crippen molar-refractivity contribution >= 4 is 5.78 Å². The Balaban J connectivity index is 1.68. The van der Waals surface area contributed by atoms with Gasteiger partial charge in [-0.25, -0.2) is 5.43 Å². The van der Waals surface area contributed by atoms with Crippen molar-refractivity contribution in [1.29, 1.82) is 0 Å². The van der Waals surface area contributed by atoms with Crippen LogP contribution in [-0.4, -0.2) is 64.2 Å². The molecule has 0 aliphatic carbocycles. The molecule has 136 valence electrons. The maximum atomic E-state index is 11.8. The summed E-state index contributed by atoms with van der Waals surface area (Å²) in [5, 5.41) is 13.7. The highest BCUT2D eigenvalue weighted by Gasteiger charge is 2.42. The molecule has 2 N–H and O–H groups in total. The number of rotatable bonds is 6. The molecule has 7 heteroatoms. The van der Waals surface area contributed by atoms with Gasteiger partial charge in [-0.3, -0.25) is 9.69 Å². The van der Waals surface area contributed by atoms with Crippen molar-refractivity contribution in [2.45, 2.75) is 44.8 Å². The largest absolute Gasteiger partial charge is 0.317 e. The van der Waals surface area contributed by atoms with Gasteiger partial charge in [0.05, 0.1) is 17.3 Å². The molecule has 25 heavy (non-hydrogen) atoms. The minimum absolute atomic E-state index is 0.0148. The van der Waals surface area contributed by atoms with Gasteiger partial charge in [-0.2, -0.15) is 10.2 Å². The molecule has 1 fully saturated rings. The van der Waals surface area contributed by atoms with Crippen LogP contribution in [0.2, 0.25) is 0 Å². The number of carbonyl (C=O) groups is 1. The summed E-state index contributed by atoms with van der Waals surface area (Å²) in [6.45, 7) is 7.39. The number of ketones is 1. The fourth-order valence-corrected chi connectivity index (χ4v) is 3.84. The Morgan fingerprint density at radius 1 is 1.44 bits per heavy atom. The van der Waals surface area contributed by atoms with E-state index in [1.165, 1.54) is 0 Å². The van der Waals surface area contributed by atoms with Crippen molar-refractivity contribution < 1.29 is 4.79 Å². The summed E-state index contributed by atoms with van der Waals surface area (Å²) in [7, 11) is 1.99. The number of hydrogen-bond donors (Lipinski definition) is 2. The lowest BCUT2D eigenvalue weighted by molar-refractivity contribution is -0.113. The van der Waals surface area contributed by atoms with Crippen molar-refractivity contribution in [3.8, 4) is 0 Å². The normalized spacial score (nSPS) is 23.6. The molecular weight excluding hydrogens is 316 g/mol. The molecule has 3 heterocycles. The van der Waals surface area contributed by atoms with Crippen molar-refractivity contribution in [2.24, 2.45) is 0 Å². The lowest BCUT2D eigenvalue weighted by atomic mass is 9.86. The van der Waals surface area contributed by atoms with Crippen LogP contribution < -0.4 is 10.7 Å². The van der Waals surface area contributed by atoms with Crippen molar-refractivity contribution in [3.63, 3.8) is 0 Å². The van der Waals surface area contributed by atoms with E-state index >= 15 is 0 Å². The average molecular weight is 344 g/mol. The van der Waals surface area contributed by atoms with Crippen molar-refractivity contribution in [1.82, 2.24) is 30.8 Å². The SMILES string of the molecule is CNCC1(N2C=C(C(C)=O)C(C)N2)CCN(Cc2cccnn2)CC1. The van der Waals surface area contributed by atoms with E-state index in [4.69, 9.17) is 0 Å². The molecule has 0 aromatic carbocycles. The number of likely N-dealkylation sites (N-methyl/N-ethyl adjacent to an activating group) is 1. The van der Waals surface area contributed by atoms with E-state index in [9.17, 15) is 4.79 Å². The summed E-state index contributed by atoms with van der Waals surface area (Å²) >= 11 is 0. The minimum Gasteiger partial charge on any atom is -0.317 e. The zero-order valence-corrected chi connectivity index (χ0v) is 15.3. The molecule has 1 saturated heterocycles. The van der Waals surface area contributed by atoms with Gasteiger partial charge in [0.25, 0.3) is 0 Å². The second-order valence-corrected chi connectivity index (χ2v) is 7.11. The topological polar surface area (TPSA) is 73.4 Å². The molecule has 0 radical (unpaired) electrons. The van der Waals surface area contributed by atoms with Crippen molar-refractivity contribution in [2.75, 3.05) is 26.7 Å². The summed E-state index contributed by atoms with van der Waals surface area (Å²) in [5.74, 6) is 0.141. The van der Waals surface area contributed by atoms with Gasteiger partial charge in [-0.1, -0.05) is 0 Å². The van der Waals surface area contributed by atoms with Gasteiger partial charge in [0.1, 0.15) is 0 Å². The maximum Gasteiger partial charge on any atom is 0.158 e. The highest BCUT2D eigenvalue weighted by Crippen LogP contribution is 2.31. The van der Waals surface area contributed by atoms with Crippen LogP contribution in [0.5, 0.6) is 0 Å². The number of hydrazine groups is 1. The molecule has 2 aliphatic heterocycles. The fraction of sp³-hybridized carbons (Fsp3) is 0.611. The van der Waals surface area contributed by atoms with Crippen LogP contribution in [0.3, 0.4) is 0 Å². The number of carbonyl (C=O) groups excluding carboxylic acids is 1. The molecule has 1 aromatic heterocycles. The number of hydrogen-bond acceptors (Lipinski definition) is 7. The molecule has 1 unspecified atom stereocenters. The third kappa shape index (κ3) is 3.89. The lowest BCUT2D eigenvalue weighted by Gasteiger charge is -2.47. The standard InChI is InChI=1S/C18H28N6O/c1-14-17(15(2)25)12-24(22-14)18(13-19-3)6-9-23(10-7-18)11-16-5-4-8-20-21-16/h4-5,8,12,14,19,22H,6-7,9-11,13H2,1-3H3. The average Bonchev–Trinajstić information content (AvgIpc) is 3.01. The summed E-state index contributed by atoms with van der Waals surface area (Å²) in [6, 6.07) is 4.03. The first-order valence-electron chi connectivity index (χ1n) is 8.96.